The number of nitrogens with zero attached hydrogens (tertiary/aromatic N) is 1. The monoisotopic (exact) mass is 495 g/mol. The van der Waals surface area contributed by atoms with Crippen LogP contribution in [0.4, 0.5) is 16.2 Å². The summed E-state index contributed by atoms with van der Waals surface area (Å²) in [7, 11) is 0. The lowest BCUT2D eigenvalue weighted by atomic mass is 9.79. The van der Waals surface area contributed by atoms with Gasteiger partial charge in [0.25, 0.3) is 5.91 Å². The molecule has 0 fully saturated rings. The zero-order chi connectivity index (χ0) is 26.2. The lowest BCUT2D eigenvalue weighted by molar-refractivity contribution is -0.132. The van der Waals surface area contributed by atoms with Crippen molar-refractivity contribution in [2.75, 3.05) is 16.8 Å². The van der Waals surface area contributed by atoms with Crippen molar-refractivity contribution in [1.29, 1.82) is 0 Å². The van der Waals surface area contributed by atoms with Crippen LogP contribution in [0.15, 0.2) is 85.5 Å². The predicted molar refractivity (Wildman–Crippen MR) is 142 cm³/mol. The number of hydrogen-bond acceptors (Lipinski definition) is 4. The highest BCUT2D eigenvalue weighted by Gasteiger charge is 2.57. The first-order valence-corrected chi connectivity index (χ1v) is 12.3. The van der Waals surface area contributed by atoms with Crippen LogP contribution in [-0.4, -0.2) is 24.5 Å². The summed E-state index contributed by atoms with van der Waals surface area (Å²) in [5, 5.41) is 5.75. The summed E-state index contributed by atoms with van der Waals surface area (Å²) in [5.41, 5.74) is 3.43. The van der Waals surface area contributed by atoms with Crippen LogP contribution in [-0.2, 0) is 26.5 Å². The van der Waals surface area contributed by atoms with Gasteiger partial charge in [0, 0.05) is 23.7 Å². The molecule has 0 saturated carbocycles. The standard InChI is InChI=1S/C30H29N3O4/c1-4-16-33-26-13-9-8-12-25(26)30(28(33)35,32-29(36)37-18-21-10-6-5-7-11-21)20(3)27(34)31-22-14-15-23-19(2)24(23)17-22/h4-15,17,19-20H,1,16,18H2,2-3H3,(H,31,34)(H,32,36)/t19?,20-,30+/m0/s1. The number of ether oxygens (including phenoxy) is 1. The van der Waals surface area contributed by atoms with Gasteiger partial charge < -0.3 is 20.3 Å². The predicted octanol–water partition coefficient (Wildman–Crippen LogP) is 5.08. The molecular formula is C30H29N3O4. The van der Waals surface area contributed by atoms with E-state index >= 15 is 0 Å². The van der Waals surface area contributed by atoms with Crippen molar-refractivity contribution in [2.24, 2.45) is 5.92 Å². The van der Waals surface area contributed by atoms with Gasteiger partial charge in [-0.3, -0.25) is 9.59 Å². The van der Waals surface area contributed by atoms with Crippen LogP contribution in [0, 0.1) is 5.92 Å². The van der Waals surface area contributed by atoms with Crippen molar-refractivity contribution in [3.05, 3.63) is 108 Å². The molecule has 5 rings (SSSR count). The molecule has 0 spiro atoms. The van der Waals surface area contributed by atoms with Crippen LogP contribution in [0.3, 0.4) is 0 Å². The molecule has 1 heterocycles. The molecule has 1 aliphatic heterocycles. The highest BCUT2D eigenvalue weighted by Crippen LogP contribution is 2.46. The number of para-hydroxylation sites is 1. The molecule has 0 aromatic heterocycles. The van der Waals surface area contributed by atoms with Crippen molar-refractivity contribution >= 4 is 29.3 Å². The Balaban J connectivity index is 1.47. The van der Waals surface area contributed by atoms with E-state index in [1.54, 1.807) is 31.2 Å². The Bertz CT molecular complexity index is 1390. The second-order valence-electron chi connectivity index (χ2n) is 9.49. The summed E-state index contributed by atoms with van der Waals surface area (Å²) >= 11 is 0. The van der Waals surface area contributed by atoms with Crippen LogP contribution < -0.4 is 15.5 Å². The number of carbonyl (C=O) groups is 3. The zero-order valence-corrected chi connectivity index (χ0v) is 20.9. The molecule has 0 radical (unpaired) electrons. The van der Waals surface area contributed by atoms with Crippen molar-refractivity contribution in [3.8, 4) is 0 Å². The van der Waals surface area contributed by atoms with E-state index in [1.807, 2.05) is 54.6 Å². The number of fused-ring (bicyclic) bond motifs is 2. The molecule has 2 N–H and O–H groups in total. The second-order valence-corrected chi connectivity index (χ2v) is 9.49. The number of benzene rings is 3. The molecule has 3 aromatic rings. The lowest BCUT2D eigenvalue weighted by Crippen LogP contribution is -2.59. The van der Waals surface area contributed by atoms with E-state index in [9.17, 15) is 14.4 Å². The molecule has 37 heavy (non-hydrogen) atoms. The average molecular weight is 496 g/mol. The number of rotatable bonds is 8. The van der Waals surface area contributed by atoms with Crippen molar-refractivity contribution < 1.29 is 19.1 Å². The third-order valence-electron chi connectivity index (χ3n) is 7.27. The number of hydrogen-bond donors (Lipinski definition) is 2. The molecule has 7 nitrogen and oxygen atoms in total. The molecular weight excluding hydrogens is 466 g/mol. The van der Waals surface area contributed by atoms with E-state index in [2.05, 4.69) is 24.1 Å². The maximum absolute atomic E-state index is 14.0. The molecule has 1 unspecified atom stereocenters. The van der Waals surface area contributed by atoms with E-state index < -0.39 is 23.5 Å². The fourth-order valence-corrected chi connectivity index (χ4v) is 5.11. The number of carbonyl (C=O) groups excluding carboxylic acids is 3. The molecule has 3 atom stereocenters. The number of amides is 3. The summed E-state index contributed by atoms with van der Waals surface area (Å²) in [6.45, 7) is 7.80. The molecule has 3 amide bonds. The fraction of sp³-hybridized carbons (Fsp3) is 0.233. The maximum Gasteiger partial charge on any atom is 0.408 e. The summed E-state index contributed by atoms with van der Waals surface area (Å²) in [5.74, 6) is -1.37. The largest absolute Gasteiger partial charge is 0.445 e. The van der Waals surface area contributed by atoms with Gasteiger partial charge in [-0.05, 0) is 34.9 Å². The Morgan fingerprint density at radius 1 is 1.08 bits per heavy atom. The summed E-state index contributed by atoms with van der Waals surface area (Å²) in [6, 6.07) is 22.2. The quantitative estimate of drug-likeness (QED) is 0.427. The first-order valence-electron chi connectivity index (χ1n) is 12.3. The highest BCUT2D eigenvalue weighted by atomic mass is 16.5. The molecule has 2 aliphatic rings. The summed E-state index contributed by atoms with van der Waals surface area (Å²) in [4.78, 5) is 42.3. The summed E-state index contributed by atoms with van der Waals surface area (Å²) < 4.78 is 5.48. The number of anilines is 2. The molecule has 0 bridgehead atoms. The van der Waals surface area contributed by atoms with Gasteiger partial charge >= 0.3 is 6.09 Å². The molecule has 188 valence electrons. The van der Waals surface area contributed by atoms with Gasteiger partial charge in [-0.15, -0.1) is 6.58 Å². The fourth-order valence-electron chi connectivity index (χ4n) is 5.11. The van der Waals surface area contributed by atoms with Crippen LogP contribution in [0.2, 0.25) is 0 Å². The van der Waals surface area contributed by atoms with Gasteiger partial charge in [0.05, 0.1) is 11.6 Å². The Kier molecular flexibility index (Phi) is 6.29. The van der Waals surface area contributed by atoms with Crippen molar-refractivity contribution in [3.63, 3.8) is 0 Å². The van der Waals surface area contributed by atoms with E-state index in [-0.39, 0.29) is 19.1 Å². The molecule has 7 heteroatoms. The average Bonchev–Trinajstić information content (AvgIpc) is 3.50. The Hall–Kier alpha value is -4.39. The van der Waals surface area contributed by atoms with Crippen LogP contribution in [0.1, 0.15) is 42.0 Å². The highest BCUT2D eigenvalue weighted by molar-refractivity contribution is 6.12. The first-order chi connectivity index (χ1) is 17.9. The van der Waals surface area contributed by atoms with E-state index in [1.165, 1.54) is 16.0 Å². The Morgan fingerprint density at radius 2 is 1.81 bits per heavy atom. The van der Waals surface area contributed by atoms with E-state index in [0.717, 1.165) is 5.56 Å². The lowest BCUT2D eigenvalue weighted by Gasteiger charge is -2.34. The van der Waals surface area contributed by atoms with Gasteiger partial charge in [-0.1, -0.05) is 74.5 Å². The topological polar surface area (TPSA) is 87.7 Å². The minimum Gasteiger partial charge on any atom is -0.445 e. The minimum atomic E-state index is -1.66. The Labute approximate surface area is 216 Å². The van der Waals surface area contributed by atoms with Gasteiger partial charge in [-0.25, -0.2) is 4.79 Å². The van der Waals surface area contributed by atoms with Crippen LogP contribution in [0.25, 0.3) is 0 Å². The molecule has 1 aliphatic carbocycles. The van der Waals surface area contributed by atoms with Gasteiger partial charge in [0.1, 0.15) is 6.61 Å². The zero-order valence-electron chi connectivity index (χ0n) is 20.9. The second kappa shape index (κ2) is 9.58. The third-order valence-corrected chi connectivity index (χ3v) is 7.27. The van der Waals surface area contributed by atoms with Crippen LogP contribution >= 0.6 is 0 Å². The molecule has 0 saturated heterocycles. The van der Waals surface area contributed by atoms with Crippen molar-refractivity contribution in [2.45, 2.75) is 31.9 Å². The molecule has 3 aromatic carbocycles. The minimum absolute atomic E-state index is 0.0306. The van der Waals surface area contributed by atoms with Gasteiger partial charge in [0.2, 0.25) is 5.91 Å². The first kappa shape index (κ1) is 24.3. The van der Waals surface area contributed by atoms with E-state index in [0.29, 0.717) is 22.9 Å². The third kappa shape index (κ3) is 4.27. The van der Waals surface area contributed by atoms with Gasteiger partial charge in [0.15, 0.2) is 5.54 Å². The number of nitrogens with one attached hydrogen (secondary N) is 2. The maximum atomic E-state index is 14.0. The smallest absolute Gasteiger partial charge is 0.408 e. The SMILES string of the molecule is C=CCN1C(=O)[C@@](NC(=O)OCc2ccccc2)([C@@H](C)C(=O)Nc2ccc3c(c2)C3C)c2ccccc21. The van der Waals surface area contributed by atoms with E-state index in [4.69, 9.17) is 4.74 Å². The Morgan fingerprint density at radius 3 is 2.54 bits per heavy atom. The number of alkyl carbamates (subject to hydrolysis) is 1. The summed E-state index contributed by atoms with van der Waals surface area (Å²) in [6.07, 6.45) is 0.827. The normalized spacial score (nSPS) is 19.9. The van der Waals surface area contributed by atoms with Crippen LogP contribution in [0.5, 0.6) is 0 Å². The van der Waals surface area contributed by atoms with Gasteiger partial charge in [-0.2, -0.15) is 0 Å². The van der Waals surface area contributed by atoms with Crippen molar-refractivity contribution in [1.82, 2.24) is 5.32 Å².